The molecule has 0 aliphatic carbocycles. The van der Waals surface area contributed by atoms with E-state index in [1.807, 2.05) is 30.1 Å². The zero-order valence-corrected chi connectivity index (χ0v) is 14.9. The van der Waals surface area contributed by atoms with Gasteiger partial charge in [-0.15, -0.1) is 24.8 Å². The number of likely N-dealkylation sites (tertiary alicyclic amines) is 1. The second-order valence-electron chi connectivity index (χ2n) is 5.65. The van der Waals surface area contributed by atoms with E-state index in [1.165, 1.54) is 0 Å². The van der Waals surface area contributed by atoms with Crippen molar-refractivity contribution in [3.8, 4) is 0 Å². The van der Waals surface area contributed by atoms with Crippen LogP contribution < -0.4 is 5.32 Å². The number of carbonyl (C=O) groups is 1. The first-order valence-corrected chi connectivity index (χ1v) is 7.65. The van der Waals surface area contributed by atoms with Crippen LogP contribution in [-0.2, 0) is 4.79 Å². The summed E-state index contributed by atoms with van der Waals surface area (Å²) in [6.07, 6.45) is 2.57. The summed E-state index contributed by atoms with van der Waals surface area (Å²) in [4.78, 5) is 22.1. The van der Waals surface area contributed by atoms with Crippen LogP contribution in [0.2, 0.25) is 0 Å². The maximum Gasteiger partial charge on any atom is 0.223 e. The minimum atomic E-state index is 0. The second-order valence-corrected chi connectivity index (χ2v) is 5.65. The predicted octanol–water partition coefficient (Wildman–Crippen LogP) is 2.72. The van der Waals surface area contributed by atoms with Crippen molar-refractivity contribution in [2.24, 2.45) is 0 Å². The largest absolute Gasteiger partial charge is 0.343 e. The van der Waals surface area contributed by atoms with E-state index in [0.29, 0.717) is 12.3 Å². The number of rotatable bonds is 4. The molecule has 1 aliphatic rings. The quantitative estimate of drug-likeness (QED) is 0.883. The van der Waals surface area contributed by atoms with E-state index in [1.54, 1.807) is 0 Å². The van der Waals surface area contributed by atoms with E-state index < -0.39 is 0 Å². The molecule has 1 fully saturated rings. The Morgan fingerprint density at radius 2 is 2.00 bits per heavy atom. The Morgan fingerprint density at radius 1 is 1.30 bits per heavy atom. The number of aromatic amines is 1. The average molecular weight is 359 g/mol. The van der Waals surface area contributed by atoms with Gasteiger partial charge in [-0.1, -0.05) is 12.1 Å². The van der Waals surface area contributed by atoms with Gasteiger partial charge in [-0.25, -0.2) is 4.98 Å². The fraction of sp³-hybridized carbons (Fsp3) is 0.500. The van der Waals surface area contributed by atoms with Gasteiger partial charge in [-0.2, -0.15) is 0 Å². The number of para-hydroxylation sites is 2. The minimum Gasteiger partial charge on any atom is -0.343 e. The van der Waals surface area contributed by atoms with Crippen molar-refractivity contribution >= 4 is 41.8 Å². The van der Waals surface area contributed by atoms with Gasteiger partial charge in [-0.3, -0.25) is 4.79 Å². The Bertz CT molecular complexity index is 590. The molecule has 1 aromatic heterocycles. The lowest BCUT2D eigenvalue weighted by molar-refractivity contribution is -0.132. The molecule has 1 aromatic carbocycles. The molecule has 1 aliphatic heterocycles. The standard InChI is InChI=1S/C16H22N4O.2ClH/c1-17-9-6-15(21)20-10-7-12(8-11-20)16-18-13-4-2-3-5-14(13)19-16;;/h2-5,12,17H,6-11H2,1H3,(H,18,19);2*1H. The second kappa shape index (κ2) is 9.11. The van der Waals surface area contributed by atoms with E-state index in [9.17, 15) is 4.79 Å². The monoisotopic (exact) mass is 358 g/mol. The van der Waals surface area contributed by atoms with Crippen molar-refractivity contribution in [1.82, 2.24) is 20.2 Å². The van der Waals surface area contributed by atoms with Crippen LogP contribution in [0.25, 0.3) is 11.0 Å². The zero-order chi connectivity index (χ0) is 14.7. The van der Waals surface area contributed by atoms with Crippen LogP contribution >= 0.6 is 24.8 Å². The number of hydrogen-bond donors (Lipinski definition) is 2. The third-order valence-corrected chi connectivity index (χ3v) is 4.23. The normalized spacial score (nSPS) is 15.1. The van der Waals surface area contributed by atoms with E-state index in [0.717, 1.165) is 49.3 Å². The van der Waals surface area contributed by atoms with Gasteiger partial charge in [0.1, 0.15) is 5.82 Å². The predicted molar refractivity (Wildman–Crippen MR) is 97.7 cm³/mol. The van der Waals surface area contributed by atoms with Crippen LogP contribution in [0, 0.1) is 0 Å². The summed E-state index contributed by atoms with van der Waals surface area (Å²) < 4.78 is 0. The lowest BCUT2D eigenvalue weighted by atomic mass is 9.96. The number of halogens is 2. The molecule has 2 N–H and O–H groups in total. The molecule has 128 valence electrons. The number of nitrogens with zero attached hydrogens (tertiary/aromatic N) is 2. The van der Waals surface area contributed by atoms with Crippen LogP contribution in [0.4, 0.5) is 0 Å². The number of aromatic nitrogens is 2. The molecule has 2 heterocycles. The number of benzene rings is 1. The summed E-state index contributed by atoms with van der Waals surface area (Å²) in [5.41, 5.74) is 2.13. The van der Waals surface area contributed by atoms with E-state index in [2.05, 4.69) is 21.4 Å². The van der Waals surface area contributed by atoms with Gasteiger partial charge in [-0.05, 0) is 32.0 Å². The molecule has 23 heavy (non-hydrogen) atoms. The molecule has 1 amide bonds. The van der Waals surface area contributed by atoms with Crippen LogP contribution in [-0.4, -0.2) is 47.5 Å². The number of nitrogens with one attached hydrogen (secondary N) is 2. The van der Waals surface area contributed by atoms with Crippen LogP contribution in [0.15, 0.2) is 24.3 Å². The first-order chi connectivity index (χ1) is 10.3. The van der Waals surface area contributed by atoms with Gasteiger partial charge in [0.15, 0.2) is 0 Å². The first kappa shape index (κ1) is 19.7. The zero-order valence-electron chi connectivity index (χ0n) is 13.2. The Hall–Kier alpha value is -1.30. The fourth-order valence-electron chi connectivity index (χ4n) is 2.96. The first-order valence-electron chi connectivity index (χ1n) is 7.65. The topological polar surface area (TPSA) is 61.0 Å². The number of carbonyl (C=O) groups excluding carboxylic acids is 1. The third-order valence-electron chi connectivity index (χ3n) is 4.23. The molecule has 3 rings (SSSR count). The van der Waals surface area contributed by atoms with Crippen molar-refractivity contribution < 1.29 is 4.79 Å². The molecule has 0 atom stereocenters. The number of imidazole rings is 1. The van der Waals surface area contributed by atoms with Gasteiger partial charge < -0.3 is 15.2 Å². The molecular weight excluding hydrogens is 335 g/mol. The van der Waals surface area contributed by atoms with Crippen LogP contribution in [0.3, 0.4) is 0 Å². The van der Waals surface area contributed by atoms with Gasteiger partial charge >= 0.3 is 0 Å². The summed E-state index contributed by atoms with van der Waals surface area (Å²) in [5.74, 6) is 1.76. The number of H-pyrrole nitrogens is 1. The molecule has 5 nitrogen and oxygen atoms in total. The van der Waals surface area contributed by atoms with Crippen molar-refractivity contribution in [1.29, 1.82) is 0 Å². The highest BCUT2D eigenvalue weighted by Crippen LogP contribution is 2.27. The van der Waals surface area contributed by atoms with E-state index >= 15 is 0 Å². The lowest BCUT2D eigenvalue weighted by Crippen LogP contribution is -2.39. The number of amides is 1. The van der Waals surface area contributed by atoms with E-state index in [-0.39, 0.29) is 30.7 Å². The fourth-order valence-corrected chi connectivity index (χ4v) is 2.96. The number of fused-ring (bicyclic) bond motifs is 1. The van der Waals surface area contributed by atoms with Crippen LogP contribution in [0.1, 0.15) is 31.0 Å². The third kappa shape index (κ3) is 4.59. The van der Waals surface area contributed by atoms with Crippen LogP contribution in [0.5, 0.6) is 0 Å². The SMILES string of the molecule is CNCCC(=O)N1CCC(c2nc3ccccc3[nH]2)CC1.Cl.Cl. The highest BCUT2D eigenvalue weighted by atomic mass is 35.5. The summed E-state index contributed by atoms with van der Waals surface area (Å²) in [7, 11) is 1.88. The Kier molecular flexibility index (Phi) is 7.82. The van der Waals surface area contributed by atoms with Gasteiger partial charge in [0.05, 0.1) is 11.0 Å². The maximum atomic E-state index is 12.0. The molecule has 0 spiro atoms. The highest BCUT2D eigenvalue weighted by Gasteiger charge is 2.25. The minimum absolute atomic E-state index is 0. The molecule has 0 radical (unpaired) electrons. The summed E-state index contributed by atoms with van der Waals surface area (Å²) in [6, 6.07) is 8.12. The lowest BCUT2D eigenvalue weighted by Gasteiger charge is -2.31. The molecule has 2 aromatic rings. The maximum absolute atomic E-state index is 12.0. The Morgan fingerprint density at radius 3 is 2.65 bits per heavy atom. The van der Waals surface area contributed by atoms with Crippen molar-refractivity contribution in [2.45, 2.75) is 25.2 Å². The molecule has 0 unspecified atom stereocenters. The molecule has 0 saturated carbocycles. The number of hydrogen-bond acceptors (Lipinski definition) is 3. The van der Waals surface area contributed by atoms with Crippen molar-refractivity contribution in [3.05, 3.63) is 30.1 Å². The summed E-state index contributed by atoms with van der Waals surface area (Å²) in [6.45, 7) is 2.43. The average Bonchev–Trinajstić information content (AvgIpc) is 2.96. The highest BCUT2D eigenvalue weighted by molar-refractivity contribution is 5.85. The van der Waals surface area contributed by atoms with Crippen molar-refractivity contribution in [2.75, 3.05) is 26.7 Å². The summed E-state index contributed by atoms with van der Waals surface area (Å²) in [5, 5.41) is 3.02. The molecule has 1 saturated heterocycles. The summed E-state index contributed by atoms with van der Waals surface area (Å²) >= 11 is 0. The smallest absolute Gasteiger partial charge is 0.223 e. The molecule has 7 heteroatoms. The Labute approximate surface area is 149 Å². The van der Waals surface area contributed by atoms with Crippen molar-refractivity contribution in [3.63, 3.8) is 0 Å². The van der Waals surface area contributed by atoms with E-state index in [4.69, 9.17) is 0 Å². The molecular formula is C16H24Cl2N4O. The van der Waals surface area contributed by atoms with Gasteiger partial charge in [0.25, 0.3) is 0 Å². The molecule has 0 bridgehead atoms. The van der Waals surface area contributed by atoms with Gasteiger partial charge in [0, 0.05) is 32.0 Å². The number of piperidine rings is 1. The Balaban J connectivity index is 0.00000132. The van der Waals surface area contributed by atoms with Gasteiger partial charge in [0.2, 0.25) is 5.91 Å².